The minimum absolute atomic E-state index is 0.0166. The van der Waals surface area contributed by atoms with Crippen LogP contribution in [0.2, 0.25) is 0 Å². The lowest BCUT2D eigenvalue weighted by Crippen LogP contribution is -2.38. The van der Waals surface area contributed by atoms with Gasteiger partial charge < -0.3 is 4.90 Å². The summed E-state index contributed by atoms with van der Waals surface area (Å²) >= 11 is 1.78. The number of rotatable bonds is 4. The lowest BCUT2D eigenvalue weighted by atomic mass is 10.1. The van der Waals surface area contributed by atoms with Gasteiger partial charge in [-0.05, 0) is 26.3 Å². The van der Waals surface area contributed by atoms with Gasteiger partial charge in [0.1, 0.15) is 0 Å². The summed E-state index contributed by atoms with van der Waals surface area (Å²) in [5.41, 5.74) is 2.43. The summed E-state index contributed by atoms with van der Waals surface area (Å²) in [6.45, 7) is 9.88. The lowest BCUT2D eigenvalue weighted by molar-refractivity contribution is -0.118. The molecule has 0 saturated heterocycles. The van der Waals surface area contributed by atoms with E-state index in [1.165, 1.54) is 10.5 Å². The summed E-state index contributed by atoms with van der Waals surface area (Å²) in [6.07, 6.45) is 5.62. The number of anilines is 1. The van der Waals surface area contributed by atoms with E-state index in [1.807, 2.05) is 44.3 Å². The van der Waals surface area contributed by atoms with Gasteiger partial charge in [0.05, 0.1) is 23.8 Å². The predicted octanol–water partition coefficient (Wildman–Crippen LogP) is 5.73. The zero-order valence-electron chi connectivity index (χ0n) is 16.0. The van der Waals surface area contributed by atoms with Gasteiger partial charge in [0, 0.05) is 11.1 Å². The maximum Gasteiger partial charge on any atom is 0.152 e. The van der Waals surface area contributed by atoms with Gasteiger partial charge in [-0.25, -0.2) is 0 Å². The number of hydrogen-bond donors (Lipinski definition) is 0. The topological polar surface area (TPSA) is 33.2 Å². The summed E-state index contributed by atoms with van der Waals surface area (Å²) in [4.78, 5) is 19.2. The SMILES string of the molecule is CC.CCCC(C(C)=O)N1CSc2ccncc21.Cc1ccccc1. The lowest BCUT2D eigenvalue weighted by Gasteiger charge is -2.27. The highest BCUT2D eigenvalue weighted by molar-refractivity contribution is 7.99. The van der Waals surface area contributed by atoms with Crippen LogP contribution in [-0.4, -0.2) is 22.7 Å². The van der Waals surface area contributed by atoms with E-state index < -0.39 is 0 Å². The molecule has 3 rings (SSSR count). The van der Waals surface area contributed by atoms with Gasteiger partial charge in [0.2, 0.25) is 0 Å². The van der Waals surface area contributed by atoms with E-state index in [9.17, 15) is 4.79 Å². The fourth-order valence-electron chi connectivity index (χ4n) is 2.56. The minimum Gasteiger partial charge on any atom is -0.350 e. The number of Topliss-reactive ketones (excluding diaryl/α,β-unsaturated/α-hetero) is 1. The Bertz CT molecular complexity index is 631. The summed E-state index contributed by atoms with van der Waals surface area (Å²) in [7, 11) is 0. The van der Waals surface area contributed by atoms with Gasteiger partial charge in [-0.3, -0.25) is 9.78 Å². The van der Waals surface area contributed by atoms with E-state index in [0.29, 0.717) is 0 Å². The van der Waals surface area contributed by atoms with E-state index in [2.05, 4.69) is 35.9 Å². The number of aromatic nitrogens is 1. The Balaban J connectivity index is 0.000000290. The van der Waals surface area contributed by atoms with Crippen LogP contribution in [0.3, 0.4) is 0 Å². The second kappa shape index (κ2) is 11.7. The monoisotopic (exact) mass is 358 g/mol. The Morgan fingerprint density at radius 2 is 1.92 bits per heavy atom. The van der Waals surface area contributed by atoms with Gasteiger partial charge in [0.25, 0.3) is 0 Å². The smallest absolute Gasteiger partial charge is 0.152 e. The number of ketones is 1. The van der Waals surface area contributed by atoms with Crippen molar-refractivity contribution in [3.63, 3.8) is 0 Å². The number of carbonyl (C=O) groups excluding carboxylic acids is 1. The van der Waals surface area contributed by atoms with Crippen molar-refractivity contribution in [2.24, 2.45) is 0 Å². The van der Waals surface area contributed by atoms with Crippen molar-refractivity contribution in [1.82, 2.24) is 4.98 Å². The molecule has 1 aromatic carbocycles. The number of hydrogen-bond acceptors (Lipinski definition) is 4. The quantitative estimate of drug-likeness (QED) is 0.699. The highest BCUT2D eigenvalue weighted by atomic mass is 32.2. The van der Waals surface area contributed by atoms with Crippen LogP contribution in [0.4, 0.5) is 5.69 Å². The van der Waals surface area contributed by atoms with Gasteiger partial charge in [0.15, 0.2) is 5.78 Å². The minimum atomic E-state index is 0.0166. The molecule has 2 heterocycles. The van der Waals surface area contributed by atoms with Crippen molar-refractivity contribution in [2.45, 2.75) is 58.4 Å². The Morgan fingerprint density at radius 3 is 2.44 bits per heavy atom. The highest BCUT2D eigenvalue weighted by Crippen LogP contribution is 2.39. The molecule has 1 aliphatic heterocycles. The van der Waals surface area contributed by atoms with Crippen LogP contribution in [-0.2, 0) is 4.79 Å². The first-order valence-corrected chi connectivity index (χ1v) is 9.97. The number of aryl methyl sites for hydroxylation is 1. The van der Waals surface area contributed by atoms with Crippen LogP contribution < -0.4 is 4.90 Å². The average Bonchev–Trinajstić information content (AvgIpc) is 3.06. The largest absolute Gasteiger partial charge is 0.350 e. The molecular weight excluding hydrogens is 328 g/mol. The molecule has 0 bridgehead atoms. The number of thioether (sulfide) groups is 1. The molecular formula is C21H30N2OS. The fourth-order valence-corrected chi connectivity index (χ4v) is 3.64. The van der Waals surface area contributed by atoms with Crippen LogP contribution in [0.5, 0.6) is 0 Å². The van der Waals surface area contributed by atoms with Crippen LogP contribution in [0.1, 0.15) is 46.1 Å². The Labute approximate surface area is 156 Å². The molecule has 3 nitrogen and oxygen atoms in total. The molecule has 2 aromatic rings. The number of nitrogens with zero attached hydrogens (tertiary/aromatic N) is 2. The molecule has 1 unspecified atom stereocenters. The third-order valence-corrected chi connectivity index (χ3v) is 4.84. The molecule has 1 aromatic heterocycles. The van der Waals surface area contributed by atoms with Crippen molar-refractivity contribution >= 4 is 23.2 Å². The number of fused-ring (bicyclic) bond motifs is 1. The van der Waals surface area contributed by atoms with Gasteiger partial charge in [-0.2, -0.15) is 0 Å². The Kier molecular flexibility index (Phi) is 9.93. The van der Waals surface area contributed by atoms with Crippen LogP contribution in [0.25, 0.3) is 0 Å². The highest BCUT2D eigenvalue weighted by Gasteiger charge is 2.28. The van der Waals surface area contributed by atoms with Crippen LogP contribution >= 0.6 is 11.8 Å². The molecule has 0 saturated carbocycles. The average molecular weight is 359 g/mol. The van der Waals surface area contributed by atoms with Gasteiger partial charge in [-0.15, -0.1) is 11.8 Å². The summed E-state index contributed by atoms with van der Waals surface area (Å²) in [5, 5.41) is 0. The van der Waals surface area contributed by atoms with Crippen LogP contribution in [0, 0.1) is 6.92 Å². The molecule has 136 valence electrons. The second-order valence-corrected chi connectivity index (χ2v) is 6.64. The first kappa shape index (κ1) is 21.2. The first-order chi connectivity index (χ1) is 12.1. The summed E-state index contributed by atoms with van der Waals surface area (Å²) < 4.78 is 0. The molecule has 4 heteroatoms. The van der Waals surface area contributed by atoms with E-state index in [4.69, 9.17) is 0 Å². The second-order valence-electron chi connectivity index (χ2n) is 5.66. The molecule has 25 heavy (non-hydrogen) atoms. The van der Waals surface area contributed by atoms with Crippen molar-refractivity contribution in [3.8, 4) is 0 Å². The molecule has 1 atom stereocenters. The van der Waals surface area contributed by atoms with Crippen molar-refractivity contribution in [2.75, 3.05) is 10.8 Å². The molecule has 0 amide bonds. The third-order valence-electron chi connectivity index (χ3n) is 3.78. The van der Waals surface area contributed by atoms with E-state index >= 15 is 0 Å². The molecule has 1 aliphatic rings. The first-order valence-electron chi connectivity index (χ1n) is 8.99. The maximum absolute atomic E-state index is 11.7. The van der Waals surface area contributed by atoms with E-state index in [1.54, 1.807) is 24.9 Å². The fraction of sp³-hybridized carbons (Fsp3) is 0.429. The number of benzene rings is 1. The molecule has 0 radical (unpaired) electrons. The Morgan fingerprint density at radius 1 is 1.24 bits per heavy atom. The van der Waals surface area contributed by atoms with Crippen LogP contribution in [0.15, 0.2) is 53.7 Å². The molecule has 0 aliphatic carbocycles. The Hall–Kier alpha value is -1.81. The van der Waals surface area contributed by atoms with Crippen molar-refractivity contribution < 1.29 is 4.79 Å². The number of carbonyl (C=O) groups is 1. The third kappa shape index (κ3) is 6.54. The van der Waals surface area contributed by atoms with E-state index in [-0.39, 0.29) is 11.8 Å². The predicted molar refractivity (Wildman–Crippen MR) is 109 cm³/mol. The zero-order chi connectivity index (χ0) is 18.7. The summed E-state index contributed by atoms with van der Waals surface area (Å²) in [6, 6.07) is 12.3. The normalized spacial score (nSPS) is 12.9. The van der Waals surface area contributed by atoms with Gasteiger partial charge in [-0.1, -0.05) is 63.1 Å². The zero-order valence-corrected chi connectivity index (χ0v) is 16.8. The summed E-state index contributed by atoms with van der Waals surface area (Å²) in [5.74, 6) is 1.12. The maximum atomic E-state index is 11.7. The molecule has 0 spiro atoms. The van der Waals surface area contributed by atoms with Crippen molar-refractivity contribution in [1.29, 1.82) is 0 Å². The molecule has 0 fully saturated rings. The van der Waals surface area contributed by atoms with E-state index in [0.717, 1.165) is 24.4 Å². The van der Waals surface area contributed by atoms with Gasteiger partial charge >= 0.3 is 0 Å². The molecule has 0 N–H and O–H groups in total. The standard InChI is InChI=1S/C12H16N2OS.C7H8.C2H6/c1-3-4-10(9(2)15)14-8-16-12-5-6-13-7-11(12)14;1-7-5-3-2-4-6-7;1-2/h5-7,10H,3-4,8H2,1-2H3;2-6H,1H3;1-2H3. The number of pyridine rings is 1. The van der Waals surface area contributed by atoms with Crippen molar-refractivity contribution in [3.05, 3.63) is 54.4 Å².